The number of nitrogens with zero attached hydrogens (tertiary/aromatic N) is 3. The van der Waals surface area contributed by atoms with Crippen LogP contribution in [0.2, 0.25) is 0 Å². The zero-order chi connectivity index (χ0) is 22.2. The molecule has 32 heavy (non-hydrogen) atoms. The maximum atomic E-state index is 5.87. The van der Waals surface area contributed by atoms with Gasteiger partial charge in [-0.15, -0.1) is 0 Å². The largest absolute Gasteiger partial charge is 0.351 e. The van der Waals surface area contributed by atoms with Gasteiger partial charge in [-0.3, -0.25) is 4.98 Å². The Kier molecular flexibility index (Phi) is 5.57. The summed E-state index contributed by atoms with van der Waals surface area (Å²) in [5, 5.41) is 4.25. The minimum absolute atomic E-state index is 0.0616. The zero-order valence-corrected chi connectivity index (χ0v) is 20.3. The van der Waals surface area contributed by atoms with Crippen molar-refractivity contribution < 1.29 is 0 Å². The smallest absolute Gasteiger partial charge is 0.174 e. The van der Waals surface area contributed by atoms with Crippen molar-refractivity contribution in [3.8, 4) is 5.69 Å². The van der Waals surface area contributed by atoms with Gasteiger partial charge in [0.05, 0.1) is 11.7 Å². The normalized spacial score (nSPS) is 18.1. The lowest BCUT2D eigenvalue weighted by Gasteiger charge is -2.29. The van der Waals surface area contributed by atoms with E-state index in [9.17, 15) is 0 Å². The summed E-state index contributed by atoms with van der Waals surface area (Å²) in [6, 6.07) is 25.1. The molecule has 4 aromatic rings. The van der Waals surface area contributed by atoms with Gasteiger partial charge in [0.15, 0.2) is 5.11 Å². The first kappa shape index (κ1) is 20.9. The molecule has 1 fully saturated rings. The van der Waals surface area contributed by atoms with Crippen molar-refractivity contribution in [2.24, 2.45) is 0 Å². The monoisotopic (exact) mass is 502 g/mol. The van der Waals surface area contributed by atoms with E-state index in [1.54, 1.807) is 0 Å². The Hall–Kier alpha value is -2.96. The quantitative estimate of drug-likeness (QED) is 0.326. The fourth-order valence-corrected chi connectivity index (χ4v) is 4.95. The van der Waals surface area contributed by atoms with Gasteiger partial charge in [0, 0.05) is 33.9 Å². The molecular weight excluding hydrogens is 480 g/mol. The Labute approximate surface area is 202 Å². The van der Waals surface area contributed by atoms with Gasteiger partial charge >= 0.3 is 0 Å². The van der Waals surface area contributed by atoms with E-state index in [0.717, 1.165) is 27.2 Å². The van der Waals surface area contributed by atoms with Crippen LogP contribution in [0.15, 0.2) is 89.7 Å². The van der Waals surface area contributed by atoms with Crippen molar-refractivity contribution in [2.45, 2.75) is 25.9 Å². The number of rotatable bonds is 4. The fraction of sp³-hybridized carbons (Fsp3) is 0.154. The third kappa shape index (κ3) is 3.74. The van der Waals surface area contributed by atoms with Gasteiger partial charge in [-0.2, -0.15) is 0 Å². The van der Waals surface area contributed by atoms with Gasteiger partial charge in [0.1, 0.15) is 6.04 Å². The van der Waals surface area contributed by atoms with Crippen LogP contribution in [0.1, 0.15) is 34.6 Å². The molecule has 3 heterocycles. The maximum absolute atomic E-state index is 5.87. The highest BCUT2D eigenvalue weighted by Gasteiger charge is 2.42. The summed E-state index contributed by atoms with van der Waals surface area (Å²) in [5.41, 5.74) is 6.70. The number of anilines is 1. The Morgan fingerprint density at radius 1 is 0.938 bits per heavy atom. The van der Waals surface area contributed by atoms with Crippen LogP contribution in [-0.2, 0) is 0 Å². The average molecular weight is 503 g/mol. The standard InChI is InChI=1S/C26H23BrN4S/c1-17-7-5-8-19(15-17)30-14-6-10-23(30)25-24(22-9-3-4-13-28-22)29-26(32)31(25)20-11-12-21(27)18(2)16-20/h3-16,24-25H,1-2H3,(H,29,32)/t24-,25-/m1/s1. The summed E-state index contributed by atoms with van der Waals surface area (Å²) in [5.74, 6) is 0. The van der Waals surface area contributed by atoms with Crippen LogP contribution < -0.4 is 10.2 Å². The number of hydrogen-bond acceptors (Lipinski definition) is 2. The molecule has 2 aromatic carbocycles. The Balaban J connectivity index is 1.68. The summed E-state index contributed by atoms with van der Waals surface area (Å²) in [4.78, 5) is 6.88. The van der Waals surface area contributed by atoms with Crippen LogP contribution >= 0.6 is 28.1 Å². The molecule has 1 aliphatic heterocycles. The van der Waals surface area contributed by atoms with E-state index < -0.39 is 0 Å². The highest BCUT2D eigenvalue weighted by Crippen LogP contribution is 2.42. The highest BCUT2D eigenvalue weighted by atomic mass is 79.9. The molecule has 0 saturated carbocycles. The van der Waals surface area contributed by atoms with E-state index in [4.69, 9.17) is 12.2 Å². The lowest BCUT2D eigenvalue weighted by atomic mass is 10.0. The zero-order valence-electron chi connectivity index (χ0n) is 17.9. The second-order valence-electron chi connectivity index (χ2n) is 8.07. The number of aryl methyl sites for hydroxylation is 2. The molecule has 0 radical (unpaired) electrons. The molecule has 160 valence electrons. The third-order valence-electron chi connectivity index (χ3n) is 5.88. The minimum Gasteiger partial charge on any atom is -0.351 e. The summed E-state index contributed by atoms with van der Waals surface area (Å²) in [6.45, 7) is 4.22. The van der Waals surface area contributed by atoms with Crippen molar-refractivity contribution in [2.75, 3.05) is 4.90 Å². The summed E-state index contributed by atoms with van der Waals surface area (Å²) < 4.78 is 3.34. The first-order valence-electron chi connectivity index (χ1n) is 10.5. The topological polar surface area (TPSA) is 33.1 Å². The van der Waals surface area contributed by atoms with Crippen LogP contribution in [0.25, 0.3) is 5.69 Å². The van der Waals surface area contributed by atoms with E-state index in [0.29, 0.717) is 5.11 Å². The van der Waals surface area contributed by atoms with Gasteiger partial charge in [0.2, 0.25) is 0 Å². The van der Waals surface area contributed by atoms with Crippen molar-refractivity contribution in [3.63, 3.8) is 0 Å². The molecule has 0 unspecified atom stereocenters. The molecule has 5 rings (SSSR count). The number of thiocarbonyl (C=S) groups is 1. The van der Waals surface area contributed by atoms with Crippen LogP contribution in [0.5, 0.6) is 0 Å². The molecule has 2 aromatic heterocycles. The molecule has 0 bridgehead atoms. The predicted molar refractivity (Wildman–Crippen MR) is 137 cm³/mol. The van der Waals surface area contributed by atoms with E-state index in [1.165, 1.54) is 11.1 Å². The number of halogens is 1. The minimum atomic E-state index is -0.0777. The molecule has 1 N–H and O–H groups in total. The molecule has 1 aliphatic rings. The van der Waals surface area contributed by atoms with E-state index in [2.05, 4.69) is 116 Å². The summed E-state index contributed by atoms with van der Waals surface area (Å²) >= 11 is 9.50. The Morgan fingerprint density at radius 2 is 1.81 bits per heavy atom. The fourth-order valence-electron chi connectivity index (χ4n) is 4.36. The highest BCUT2D eigenvalue weighted by molar-refractivity contribution is 9.10. The average Bonchev–Trinajstić information content (AvgIpc) is 3.40. The Morgan fingerprint density at radius 3 is 2.56 bits per heavy atom. The van der Waals surface area contributed by atoms with Gasteiger partial charge in [-0.25, -0.2) is 0 Å². The first-order chi connectivity index (χ1) is 15.5. The van der Waals surface area contributed by atoms with Crippen LogP contribution in [0.3, 0.4) is 0 Å². The lowest BCUT2D eigenvalue weighted by molar-refractivity contribution is 0.549. The molecule has 0 spiro atoms. The molecule has 0 amide bonds. The number of benzene rings is 2. The third-order valence-corrected chi connectivity index (χ3v) is 7.09. The van der Waals surface area contributed by atoms with E-state index >= 15 is 0 Å². The number of aromatic nitrogens is 2. The maximum Gasteiger partial charge on any atom is 0.174 e. The van der Waals surface area contributed by atoms with Crippen molar-refractivity contribution in [1.29, 1.82) is 0 Å². The van der Waals surface area contributed by atoms with Crippen molar-refractivity contribution in [3.05, 3.63) is 112 Å². The van der Waals surface area contributed by atoms with Crippen LogP contribution in [0, 0.1) is 13.8 Å². The molecule has 4 nitrogen and oxygen atoms in total. The molecular formula is C26H23BrN4S. The number of pyridine rings is 1. The van der Waals surface area contributed by atoms with Gasteiger partial charge in [-0.05, 0) is 91.8 Å². The Bertz CT molecular complexity index is 1280. The summed E-state index contributed by atoms with van der Waals surface area (Å²) in [6.07, 6.45) is 3.95. The number of hydrogen-bond donors (Lipinski definition) is 1. The summed E-state index contributed by atoms with van der Waals surface area (Å²) in [7, 11) is 0. The van der Waals surface area contributed by atoms with Gasteiger partial charge < -0.3 is 14.8 Å². The number of nitrogens with one attached hydrogen (secondary N) is 1. The van der Waals surface area contributed by atoms with Gasteiger partial charge in [0.25, 0.3) is 0 Å². The second kappa shape index (κ2) is 8.52. The SMILES string of the molecule is Cc1cccc(-n2cccc2[C@@H]2[C@@H](c3ccccn3)NC(=S)N2c2ccc(Br)c(C)c2)c1. The molecule has 0 aliphatic carbocycles. The van der Waals surface area contributed by atoms with Crippen molar-refractivity contribution >= 4 is 38.9 Å². The second-order valence-corrected chi connectivity index (χ2v) is 9.31. The predicted octanol–water partition coefficient (Wildman–Crippen LogP) is 6.43. The van der Waals surface area contributed by atoms with Crippen molar-refractivity contribution in [1.82, 2.24) is 14.9 Å². The molecule has 2 atom stereocenters. The first-order valence-corrected chi connectivity index (χ1v) is 11.7. The molecule has 1 saturated heterocycles. The van der Waals surface area contributed by atoms with E-state index in [-0.39, 0.29) is 12.1 Å². The van der Waals surface area contributed by atoms with Crippen LogP contribution in [0.4, 0.5) is 5.69 Å². The molecule has 6 heteroatoms. The van der Waals surface area contributed by atoms with E-state index in [1.807, 2.05) is 18.3 Å². The lowest BCUT2D eigenvalue weighted by Crippen LogP contribution is -2.30. The van der Waals surface area contributed by atoms with Crippen LogP contribution in [-0.4, -0.2) is 14.7 Å². The van der Waals surface area contributed by atoms with Gasteiger partial charge in [-0.1, -0.05) is 34.1 Å².